The van der Waals surface area contributed by atoms with Crippen LogP contribution >= 0.6 is 11.8 Å². The van der Waals surface area contributed by atoms with Gasteiger partial charge in [-0.1, -0.05) is 38.5 Å². The van der Waals surface area contributed by atoms with E-state index in [4.69, 9.17) is 0 Å². The SMILES string of the molecule is C[C@@H]1[C@@H](C)CCC[C@H]1NC(=O)[C@@H](C)Sc1nnc(C(F)(F)F)n1C. The Balaban J connectivity index is 1.98. The molecule has 2 rings (SSSR count). The van der Waals surface area contributed by atoms with E-state index in [1.54, 1.807) is 6.92 Å². The second kappa shape index (κ2) is 7.33. The van der Waals surface area contributed by atoms with Crippen LogP contribution in [0.15, 0.2) is 5.16 Å². The van der Waals surface area contributed by atoms with Gasteiger partial charge in [-0.2, -0.15) is 13.2 Å². The smallest absolute Gasteiger partial charge is 0.352 e. The molecule has 1 aliphatic carbocycles. The summed E-state index contributed by atoms with van der Waals surface area (Å²) in [5.74, 6) is -0.290. The number of carbonyl (C=O) groups excluding carboxylic acids is 1. The number of nitrogens with one attached hydrogen (secondary N) is 1. The zero-order chi connectivity index (χ0) is 18.1. The highest BCUT2D eigenvalue weighted by Crippen LogP contribution is 2.32. The number of halogens is 3. The maximum Gasteiger partial charge on any atom is 0.451 e. The average Bonchev–Trinajstić information content (AvgIpc) is 2.85. The van der Waals surface area contributed by atoms with Gasteiger partial charge >= 0.3 is 6.18 Å². The van der Waals surface area contributed by atoms with E-state index in [0.29, 0.717) is 11.8 Å². The minimum atomic E-state index is -4.56. The van der Waals surface area contributed by atoms with Gasteiger partial charge in [-0.25, -0.2) is 0 Å². The van der Waals surface area contributed by atoms with Crippen LogP contribution in [0.4, 0.5) is 13.2 Å². The van der Waals surface area contributed by atoms with Crippen LogP contribution in [0.2, 0.25) is 0 Å². The molecule has 9 heteroatoms. The number of hydrogen-bond acceptors (Lipinski definition) is 4. The first kappa shape index (κ1) is 19.1. The normalized spacial score (nSPS) is 26.2. The van der Waals surface area contributed by atoms with E-state index in [9.17, 15) is 18.0 Å². The number of thioether (sulfide) groups is 1. The van der Waals surface area contributed by atoms with Crippen LogP contribution < -0.4 is 5.32 Å². The molecule has 0 radical (unpaired) electrons. The molecule has 1 aromatic heterocycles. The molecule has 1 fully saturated rings. The van der Waals surface area contributed by atoms with E-state index in [1.165, 1.54) is 7.05 Å². The van der Waals surface area contributed by atoms with E-state index >= 15 is 0 Å². The van der Waals surface area contributed by atoms with E-state index in [-0.39, 0.29) is 17.1 Å². The maximum atomic E-state index is 12.7. The Morgan fingerprint density at radius 1 is 1.33 bits per heavy atom. The summed E-state index contributed by atoms with van der Waals surface area (Å²) in [7, 11) is 1.25. The topological polar surface area (TPSA) is 59.8 Å². The number of aromatic nitrogens is 3. The van der Waals surface area contributed by atoms with Crippen molar-refractivity contribution < 1.29 is 18.0 Å². The van der Waals surface area contributed by atoms with Crippen molar-refractivity contribution in [1.29, 1.82) is 0 Å². The molecule has 1 aliphatic rings. The molecule has 1 amide bonds. The maximum absolute atomic E-state index is 12.7. The summed E-state index contributed by atoms with van der Waals surface area (Å²) in [6, 6.07) is 0.120. The lowest BCUT2D eigenvalue weighted by atomic mass is 9.78. The van der Waals surface area contributed by atoms with Crippen molar-refractivity contribution >= 4 is 17.7 Å². The highest BCUT2D eigenvalue weighted by molar-refractivity contribution is 8.00. The first-order valence-electron chi connectivity index (χ1n) is 8.05. The molecular formula is C15H23F3N4OS. The minimum absolute atomic E-state index is 0.0787. The summed E-state index contributed by atoms with van der Waals surface area (Å²) in [6.45, 7) is 5.98. The lowest BCUT2D eigenvalue weighted by Gasteiger charge is -2.35. The van der Waals surface area contributed by atoms with Gasteiger partial charge in [0.25, 0.3) is 0 Å². The van der Waals surface area contributed by atoms with Crippen molar-refractivity contribution in [3.8, 4) is 0 Å². The Bertz CT molecular complexity index is 590. The van der Waals surface area contributed by atoms with E-state index in [0.717, 1.165) is 35.6 Å². The Morgan fingerprint density at radius 3 is 2.58 bits per heavy atom. The molecule has 0 spiro atoms. The van der Waals surface area contributed by atoms with Crippen molar-refractivity contribution in [3.05, 3.63) is 5.82 Å². The molecule has 136 valence electrons. The van der Waals surface area contributed by atoms with E-state index < -0.39 is 17.3 Å². The Labute approximate surface area is 143 Å². The number of carbonyl (C=O) groups is 1. The summed E-state index contributed by atoms with van der Waals surface area (Å²) in [5.41, 5.74) is 0. The lowest BCUT2D eigenvalue weighted by molar-refractivity contribution is -0.147. The summed E-state index contributed by atoms with van der Waals surface area (Å²) in [4.78, 5) is 12.4. The Morgan fingerprint density at radius 2 is 2.00 bits per heavy atom. The van der Waals surface area contributed by atoms with Crippen LogP contribution in [0.25, 0.3) is 0 Å². The van der Waals surface area contributed by atoms with Crippen molar-refractivity contribution in [3.63, 3.8) is 0 Å². The van der Waals surface area contributed by atoms with Gasteiger partial charge in [0, 0.05) is 13.1 Å². The molecule has 0 aromatic carbocycles. The molecular weight excluding hydrogens is 341 g/mol. The van der Waals surface area contributed by atoms with Gasteiger partial charge in [0.05, 0.1) is 5.25 Å². The zero-order valence-electron chi connectivity index (χ0n) is 14.2. The molecule has 24 heavy (non-hydrogen) atoms. The molecule has 0 saturated heterocycles. The number of hydrogen-bond donors (Lipinski definition) is 1. The van der Waals surface area contributed by atoms with E-state index in [2.05, 4.69) is 29.4 Å². The first-order chi connectivity index (χ1) is 11.1. The Hall–Kier alpha value is -1.25. The van der Waals surface area contributed by atoms with Crippen molar-refractivity contribution in [2.75, 3.05) is 0 Å². The number of alkyl halides is 3. The standard InChI is InChI=1S/C15H23F3N4OS/c1-8-6-5-7-11(9(8)2)19-12(23)10(3)24-14-21-20-13(22(14)4)15(16,17)18/h8-11H,5-7H2,1-4H3,(H,19,23)/t8-,9+,10+,11+/m0/s1. The van der Waals surface area contributed by atoms with Gasteiger partial charge in [-0.3, -0.25) is 4.79 Å². The average molecular weight is 364 g/mol. The number of nitrogens with zero attached hydrogens (tertiary/aromatic N) is 3. The van der Waals surface area contributed by atoms with Crippen LogP contribution in [-0.2, 0) is 18.0 Å². The molecule has 1 saturated carbocycles. The van der Waals surface area contributed by atoms with Crippen LogP contribution in [-0.4, -0.2) is 32.0 Å². The molecule has 4 atom stereocenters. The quantitative estimate of drug-likeness (QED) is 0.833. The fraction of sp³-hybridized carbons (Fsp3) is 0.800. The molecule has 1 aromatic rings. The van der Waals surface area contributed by atoms with Gasteiger partial charge in [0.15, 0.2) is 5.16 Å². The molecule has 0 bridgehead atoms. The predicted molar refractivity (Wildman–Crippen MR) is 85.4 cm³/mol. The van der Waals surface area contributed by atoms with Crippen molar-refractivity contribution in [2.24, 2.45) is 18.9 Å². The van der Waals surface area contributed by atoms with Gasteiger partial charge in [-0.15, -0.1) is 10.2 Å². The van der Waals surface area contributed by atoms with Gasteiger partial charge in [-0.05, 0) is 25.2 Å². The fourth-order valence-electron chi connectivity index (χ4n) is 2.96. The van der Waals surface area contributed by atoms with Crippen LogP contribution in [0.1, 0.15) is 45.9 Å². The lowest BCUT2D eigenvalue weighted by Crippen LogP contribution is -2.46. The van der Waals surface area contributed by atoms with E-state index in [1.807, 2.05) is 0 Å². The highest BCUT2D eigenvalue weighted by Gasteiger charge is 2.38. The third-order valence-corrected chi connectivity index (χ3v) is 5.91. The summed E-state index contributed by atoms with van der Waals surface area (Å²) in [5, 5.41) is 9.30. The molecule has 0 unspecified atom stereocenters. The van der Waals surface area contributed by atoms with Crippen molar-refractivity contribution in [2.45, 2.75) is 62.7 Å². The third-order valence-electron chi connectivity index (χ3n) is 4.77. The number of rotatable bonds is 4. The summed E-state index contributed by atoms with van der Waals surface area (Å²) >= 11 is 0.983. The molecule has 0 aliphatic heterocycles. The largest absolute Gasteiger partial charge is 0.451 e. The highest BCUT2D eigenvalue weighted by atomic mass is 32.2. The molecule has 1 N–H and O–H groups in total. The second-order valence-corrected chi connectivity index (χ2v) is 7.81. The third kappa shape index (κ3) is 4.23. The van der Waals surface area contributed by atoms with Crippen LogP contribution in [0.3, 0.4) is 0 Å². The molecule has 5 nitrogen and oxygen atoms in total. The monoisotopic (exact) mass is 364 g/mol. The first-order valence-corrected chi connectivity index (χ1v) is 8.92. The van der Waals surface area contributed by atoms with Crippen LogP contribution in [0.5, 0.6) is 0 Å². The van der Waals surface area contributed by atoms with Crippen LogP contribution in [0, 0.1) is 11.8 Å². The fourth-order valence-corrected chi connectivity index (χ4v) is 3.79. The number of amides is 1. The Kier molecular flexibility index (Phi) is 5.83. The zero-order valence-corrected chi connectivity index (χ0v) is 15.0. The van der Waals surface area contributed by atoms with Gasteiger partial charge in [0.1, 0.15) is 0 Å². The summed E-state index contributed by atoms with van der Waals surface area (Å²) < 4.78 is 39.1. The van der Waals surface area contributed by atoms with Crippen molar-refractivity contribution in [1.82, 2.24) is 20.1 Å². The minimum Gasteiger partial charge on any atom is -0.352 e. The van der Waals surface area contributed by atoms with Gasteiger partial charge in [0.2, 0.25) is 11.7 Å². The summed E-state index contributed by atoms with van der Waals surface area (Å²) in [6.07, 6.45) is -1.37. The molecule has 1 heterocycles. The second-order valence-electron chi connectivity index (χ2n) is 6.51. The van der Waals surface area contributed by atoms with Gasteiger partial charge < -0.3 is 9.88 Å². The predicted octanol–water partition coefficient (Wildman–Crippen LogP) is 3.26.